The second-order valence-corrected chi connectivity index (χ2v) is 6.28. The molecule has 0 unspecified atom stereocenters. The summed E-state index contributed by atoms with van der Waals surface area (Å²) in [5, 5.41) is 6.10. The highest BCUT2D eigenvalue weighted by Crippen LogP contribution is 2.24. The molecule has 0 aliphatic rings. The average molecular weight is 383 g/mol. The van der Waals surface area contributed by atoms with E-state index in [-0.39, 0.29) is 5.69 Å². The van der Waals surface area contributed by atoms with E-state index in [1.165, 1.54) is 12.1 Å². The quantitative estimate of drug-likeness (QED) is 0.572. The summed E-state index contributed by atoms with van der Waals surface area (Å²) in [7, 11) is 0. The first-order valence-electron chi connectivity index (χ1n) is 9.18. The summed E-state index contributed by atoms with van der Waals surface area (Å²) in [6.45, 7) is 7.89. The SMILES string of the molecule is CCN(CC)c1ccc(Nc2cc(Nc3ccc(F)cc3F)nc(C)n2)cc1. The molecule has 2 N–H and O–H groups in total. The summed E-state index contributed by atoms with van der Waals surface area (Å²) in [6.07, 6.45) is 0. The van der Waals surface area contributed by atoms with Crippen LogP contribution in [0.4, 0.5) is 37.5 Å². The van der Waals surface area contributed by atoms with Gasteiger partial charge in [0.05, 0.1) is 5.69 Å². The Morgan fingerprint density at radius 3 is 2.11 bits per heavy atom. The second-order valence-electron chi connectivity index (χ2n) is 6.28. The second kappa shape index (κ2) is 8.65. The van der Waals surface area contributed by atoms with Gasteiger partial charge in [0.2, 0.25) is 0 Å². The van der Waals surface area contributed by atoms with E-state index in [2.05, 4.69) is 51.5 Å². The van der Waals surface area contributed by atoms with Crippen LogP contribution in [0.3, 0.4) is 0 Å². The molecule has 0 amide bonds. The number of benzene rings is 2. The fraction of sp³-hybridized carbons (Fsp3) is 0.238. The minimum atomic E-state index is -0.683. The molecule has 0 saturated heterocycles. The van der Waals surface area contributed by atoms with Gasteiger partial charge in [0, 0.05) is 36.6 Å². The average Bonchev–Trinajstić information content (AvgIpc) is 2.66. The summed E-state index contributed by atoms with van der Waals surface area (Å²) in [6, 6.07) is 13.1. The highest BCUT2D eigenvalue weighted by molar-refractivity contribution is 5.65. The number of anilines is 5. The van der Waals surface area contributed by atoms with Gasteiger partial charge in [0.1, 0.15) is 29.1 Å². The van der Waals surface area contributed by atoms with E-state index in [0.29, 0.717) is 17.5 Å². The monoisotopic (exact) mass is 383 g/mol. The molecule has 2 aromatic carbocycles. The van der Waals surface area contributed by atoms with Gasteiger partial charge in [0.25, 0.3) is 0 Å². The van der Waals surface area contributed by atoms with Gasteiger partial charge in [0.15, 0.2) is 0 Å². The summed E-state index contributed by atoms with van der Waals surface area (Å²) in [5.41, 5.74) is 2.19. The number of rotatable bonds is 7. The highest BCUT2D eigenvalue weighted by Gasteiger charge is 2.08. The van der Waals surface area contributed by atoms with Crippen LogP contribution >= 0.6 is 0 Å². The molecular formula is C21H23F2N5. The zero-order chi connectivity index (χ0) is 20.1. The molecule has 7 heteroatoms. The normalized spacial score (nSPS) is 10.6. The summed E-state index contributed by atoms with van der Waals surface area (Å²) in [4.78, 5) is 10.9. The van der Waals surface area contributed by atoms with Crippen LogP contribution in [0.5, 0.6) is 0 Å². The van der Waals surface area contributed by atoms with Crippen LogP contribution in [0.1, 0.15) is 19.7 Å². The van der Waals surface area contributed by atoms with Crippen molar-refractivity contribution in [2.24, 2.45) is 0 Å². The Morgan fingerprint density at radius 1 is 0.857 bits per heavy atom. The predicted molar refractivity (Wildman–Crippen MR) is 110 cm³/mol. The molecule has 0 aliphatic heterocycles. The first-order chi connectivity index (χ1) is 13.5. The van der Waals surface area contributed by atoms with Crippen molar-refractivity contribution in [3.05, 3.63) is 66.0 Å². The van der Waals surface area contributed by atoms with Crippen LogP contribution in [0.25, 0.3) is 0 Å². The van der Waals surface area contributed by atoms with Crippen LogP contribution in [0, 0.1) is 18.6 Å². The Balaban J connectivity index is 1.78. The lowest BCUT2D eigenvalue weighted by atomic mass is 10.2. The Morgan fingerprint density at radius 2 is 1.50 bits per heavy atom. The molecule has 28 heavy (non-hydrogen) atoms. The summed E-state index contributed by atoms with van der Waals surface area (Å²) in [5.74, 6) is 0.207. The van der Waals surface area contributed by atoms with E-state index < -0.39 is 11.6 Å². The molecule has 0 saturated carbocycles. The minimum absolute atomic E-state index is 0.147. The first kappa shape index (κ1) is 19.5. The van der Waals surface area contributed by atoms with Crippen molar-refractivity contribution >= 4 is 28.7 Å². The largest absolute Gasteiger partial charge is 0.372 e. The summed E-state index contributed by atoms with van der Waals surface area (Å²) >= 11 is 0. The topological polar surface area (TPSA) is 53.1 Å². The van der Waals surface area contributed by atoms with Crippen LogP contribution in [-0.4, -0.2) is 23.1 Å². The van der Waals surface area contributed by atoms with Gasteiger partial charge in [-0.1, -0.05) is 0 Å². The lowest BCUT2D eigenvalue weighted by molar-refractivity contribution is 0.586. The van der Waals surface area contributed by atoms with E-state index in [9.17, 15) is 8.78 Å². The molecule has 1 heterocycles. The van der Waals surface area contributed by atoms with Gasteiger partial charge in [-0.2, -0.15) is 0 Å². The molecule has 0 fully saturated rings. The lowest BCUT2D eigenvalue weighted by Crippen LogP contribution is -2.21. The van der Waals surface area contributed by atoms with Crippen LogP contribution < -0.4 is 15.5 Å². The number of hydrogen-bond donors (Lipinski definition) is 2. The molecule has 1 aromatic heterocycles. The number of hydrogen-bond acceptors (Lipinski definition) is 5. The first-order valence-corrected chi connectivity index (χ1v) is 9.18. The maximum absolute atomic E-state index is 13.9. The van der Waals surface area contributed by atoms with E-state index in [0.717, 1.165) is 30.5 Å². The molecule has 0 radical (unpaired) electrons. The lowest BCUT2D eigenvalue weighted by Gasteiger charge is -2.21. The minimum Gasteiger partial charge on any atom is -0.372 e. The summed E-state index contributed by atoms with van der Waals surface area (Å²) < 4.78 is 27.0. The number of aryl methyl sites for hydroxylation is 1. The molecule has 3 rings (SSSR count). The van der Waals surface area contributed by atoms with Crippen molar-refractivity contribution in [2.75, 3.05) is 28.6 Å². The molecule has 3 aromatic rings. The smallest absolute Gasteiger partial charge is 0.149 e. The van der Waals surface area contributed by atoms with Crippen LogP contribution in [-0.2, 0) is 0 Å². The number of halogens is 2. The Bertz CT molecular complexity index is 940. The van der Waals surface area contributed by atoms with Crippen molar-refractivity contribution in [3.63, 3.8) is 0 Å². The fourth-order valence-electron chi connectivity index (χ4n) is 2.92. The Labute approximate surface area is 163 Å². The van der Waals surface area contributed by atoms with Gasteiger partial charge < -0.3 is 15.5 Å². The Kier molecular flexibility index (Phi) is 6.03. The molecule has 0 aliphatic carbocycles. The molecular weight excluding hydrogens is 360 g/mol. The van der Waals surface area contributed by atoms with Gasteiger partial charge in [-0.25, -0.2) is 18.7 Å². The van der Waals surface area contributed by atoms with Crippen LogP contribution in [0.2, 0.25) is 0 Å². The number of nitrogens with one attached hydrogen (secondary N) is 2. The zero-order valence-electron chi connectivity index (χ0n) is 16.1. The van der Waals surface area contributed by atoms with Crippen molar-refractivity contribution in [2.45, 2.75) is 20.8 Å². The van der Waals surface area contributed by atoms with Gasteiger partial charge in [-0.05, 0) is 57.2 Å². The van der Waals surface area contributed by atoms with Gasteiger partial charge in [-0.15, -0.1) is 0 Å². The van der Waals surface area contributed by atoms with Crippen molar-refractivity contribution < 1.29 is 8.78 Å². The highest BCUT2D eigenvalue weighted by atomic mass is 19.1. The third kappa shape index (κ3) is 4.73. The predicted octanol–water partition coefficient (Wildman–Crippen LogP) is 5.40. The zero-order valence-corrected chi connectivity index (χ0v) is 16.1. The fourth-order valence-corrected chi connectivity index (χ4v) is 2.92. The number of aromatic nitrogens is 2. The molecule has 5 nitrogen and oxygen atoms in total. The van der Waals surface area contributed by atoms with Gasteiger partial charge >= 0.3 is 0 Å². The van der Waals surface area contributed by atoms with E-state index in [4.69, 9.17) is 0 Å². The van der Waals surface area contributed by atoms with Crippen LogP contribution in [0.15, 0.2) is 48.5 Å². The van der Waals surface area contributed by atoms with Crippen molar-refractivity contribution in [1.82, 2.24) is 9.97 Å². The molecule has 146 valence electrons. The van der Waals surface area contributed by atoms with E-state index in [1.54, 1.807) is 13.0 Å². The maximum atomic E-state index is 13.9. The molecule has 0 bridgehead atoms. The van der Waals surface area contributed by atoms with Crippen molar-refractivity contribution in [3.8, 4) is 0 Å². The van der Waals surface area contributed by atoms with Crippen molar-refractivity contribution in [1.29, 1.82) is 0 Å². The molecule has 0 spiro atoms. The number of nitrogens with zero attached hydrogens (tertiary/aromatic N) is 3. The standard InChI is InChI=1S/C21H23F2N5/c1-4-28(5-2)17-9-7-16(8-10-17)26-20-13-21(25-14(3)24-20)27-19-11-6-15(22)12-18(19)23/h6-13H,4-5H2,1-3H3,(H2,24,25,26,27). The maximum Gasteiger partial charge on any atom is 0.149 e. The molecule has 0 atom stereocenters. The third-order valence-corrected chi connectivity index (χ3v) is 4.30. The van der Waals surface area contributed by atoms with Gasteiger partial charge in [-0.3, -0.25) is 0 Å². The van der Waals surface area contributed by atoms with E-state index >= 15 is 0 Å². The third-order valence-electron chi connectivity index (χ3n) is 4.30. The Hall–Kier alpha value is -3.22. The van der Waals surface area contributed by atoms with E-state index in [1.807, 2.05) is 12.1 Å².